The van der Waals surface area contributed by atoms with E-state index in [-0.39, 0.29) is 7.92 Å². The van der Waals surface area contributed by atoms with Crippen LogP contribution < -0.4 is 0 Å². The van der Waals surface area contributed by atoms with Gasteiger partial charge >= 0.3 is 0 Å². The number of hydrogen-bond donors (Lipinski definition) is 0. The van der Waals surface area contributed by atoms with Gasteiger partial charge in [0.05, 0.1) is 0 Å². The standard InChI is InChI=1S/C42H87P/c1-5-9-13-17-20-21-22-23-24-25-26-27-28-29-31-35-39-42(38-34-30-16-12-8-4)43(40-36-32-18-14-10-6-2)41-37-33-19-15-11-7-3/h42H,5-41H2,1-4H3. The van der Waals surface area contributed by atoms with Crippen molar-refractivity contribution in [3.63, 3.8) is 0 Å². The van der Waals surface area contributed by atoms with E-state index in [4.69, 9.17) is 0 Å². The van der Waals surface area contributed by atoms with Crippen LogP contribution in [0.3, 0.4) is 0 Å². The van der Waals surface area contributed by atoms with Crippen molar-refractivity contribution in [2.75, 3.05) is 12.3 Å². The third-order valence-corrected chi connectivity index (χ3v) is 13.5. The first-order chi connectivity index (χ1) is 21.3. The van der Waals surface area contributed by atoms with Crippen LogP contribution in [-0.2, 0) is 0 Å². The van der Waals surface area contributed by atoms with Gasteiger partial charge in [-0.15, -0.1) is 7.92 Å². The maximum absolute atomic E-state index is 2.36. The van der Waals surface area contributed by atoms with Crippen molar-refractivity contribution in [1.29, 1.82) is 0 Å². The topological polar surface area (TPSA) is 0 Å². The van der Waals surface area contributed by atoms with Gasteiger partial charge in [-0.1, -0.05) is 227 Å². The Morgan fingerprint density at radius 1 is 0.256 bits per heavy atom. The Hall–Kier alpha value is 0.430. The van der Waals surface area contributed by atoms with E-state index in [1.165, 1.54) is 212 Å². The molecule has 0 aromatic rings. The summed E-state index contributed by atoms with van der Waals surface area (Å²) >= 11 is 0. The van der Waals surface area contributed by atoms with Crippen molar-refractivity contribution in [1.82, 2.24) is 0 Å². The van der Waals surface area contributed by atoms with E-state index in [1.807, 2.05) is 0 Å². The van der Waals surface area contributed by atoms with E-state index in [9.17, 15) is 0 Å². The molecule has 0 heterocycles. The maximum Gasteiger partial charge on any atom is -0.0209 e. The number of unbranched alkanes of at least 4 members (excludes halogenated alkanes) is 29. The van der Waals surface area contributed by atoms with E-state index >= 15 is 0 Å². The van der Waals surface area contributed by atoms with E-state index < -0.39 is 0 Å². The molecule has 0 aliphatic heterocycles. The quantitative estimate of drug-likeness (QED) is 0.0475. The Morgan fingerprint density at radius 3 is 0.721 bits per heavy atom. The lowest BCUT2D eigenvalue weighted by Gasteiger charge is -2.29. The van der Waals surface area contributed by atoms with Gasteiger partial charge in [0.15, 0.2) is 0 Å². The minimum atomic E-state index is 0.259. The molecule has 1 atom stereocenters. The lowest BCUT2D eigenvalue weighted by Crippen LogP contribution is -2.11. The second-order valence-electron chi connectivity index (χ2n) is 14.5. The van der Waals surface area contributed by atoms with Crippen molar-refractivity contribution >= 4 is 7.92 Å². The second kappa shape index (κ2) is 38.6. The van der Waals surface area contributed by atoms with Gasteiger partial charge < -0.3 is 0 Å². The molecular weight excluding hydrogens is 535 g/mol. The number of rotatable bonds is 38. The predicted octanol–water partition coefficient (Wildman–Crippen LogP) is 16.6. The minimum absolute atomic E-state index is 0.259. The molecule has 0 saturated carbocycles. The van der Waals surface area contributed by atoms with Crippen LogP contribution in [0.5, 0.6) is 0 Å². The highest BCUT2D eigenvalue weighted by Gasteiger charge is 2.20. The fraction of sp³-hybridized carbons (Fsp3) is 1.00. The van der Waals surface area contributed by atoms with Crippen LogP contribution in [0.25, 0.3) is 0 Å². The Bertz CT molecular complexity index is 458. The molecule has 0 aromatic heterocycles. The average molecular weight is 623 g/mol. The molecule has 0 fully saturated rings. The van der Waals surface area contributed by atoms with Gasteiger partial charge in [0.25, 0.3) is 0 Å². The summed E-state index contributed by atoms with van der Waals surface area (Å²) in [6.07, 6.45) is 55.2. The molecular formula is C42H87P. The van der Waals surface area contributed by atoms with Gasteiger partial charge in [-0.3, -0.25) is 0 Å². The summed E-state index contributed by atoms with van der Waals surface area (Å²) in [5.41, 5.74) is 1.09. The molecule has 0 nitrogen and oxygen atoms in total. The first kappa shape index (κ1) is 43.4. The summed E-state index contributed by atoms with van der Waals surface area (Å²) in [7, 11) is 0.259. The van der Waals surface area contributed by atoms with Crippen LogP contribution in [-0.4, -0.2) is 18.0 Å². The zero-order chi connectivity index (χ0) is 31.3. The van der Waals surface area contributed by atoms with Crippen LogP contribution in [0.4, 0.5) is 0 Å². The summed E-state index contributed by atoms with van der Waals surface area (Å²) < 4.78 is 0. The van der Waals surface area contributed by atoms with Crippen LogP contribution in [0.15, 0.2) is 0 Å². The molecule has 0 saturated heterocycles. The van der Waals surface area contributed by atoms with Crippen LogP contribution in [0.1, 0.15) is 252 Å². The van der Waals surface area contributed by atoms with Gasteiger partial charge in [-0.2, -0.15) is 0 Å². The summed E-state index contributed by atoms with van der Waals surface area (Å²) in [6, 6.07) is 0. The molecule has 1 heteroatoms. The van der Waals surface area contributed by atoms with E-state index in [2.05, 4.69) is 27.7 Å². The number of hydrogen-bond acceptors (Lipinski definition) is 0. The summed E-state index contributed by atoms with van der Waals surface area (Å²) in [6.45, 7) is 9.38. The van der Waals surface area contributed by atoms with Gasteiger partial charge in [0.2, 0.25) is 0 Å². The minimum Gasteiger partial charge on any atom is -0.104 e. The maximum atomic E-state index is 2.36. The second-order valence-corrected chi connectivity index (χ2v) is 17.3. The fourth-order valence-corrected chi connectivity index (χ4v) is 10.4. The van der Waals surface area contributed by atoms with Crippen molar-refractivity contribution in [3.05, 3.63) is 0 Å². The Kier molecular flexibility index (Phi) is 39.0. The third kappa shape index (κ3) is 33.6. The van der Waals surface area contributed by atoms with E-state index in [0.29, 0.717) is 0 Å². The fourth-order valence-electron chi connectivity index (χ4n) is 7.09. The molecule has 0 amide bonds. The molecule has 0 rings (SSSR count). The van der Waals surface area contributed by atoms with Gasteiger partial charge in [0, 0.05) is 0 Å². The van der Waals surface area contributed by atoms with Crippen molar-refractivity contribution in [2.45, 2.75) is 258 Å². The highest BCUT2D eigenvalue weighted by Crippen LogP contribution is 2.48. The SMILES string of the molecule is CCCCCCCCCCCCCCCCCCC(CCCCCCC)P(CCCCCCCC)CCCCCCCC. The molecule has 0 N–H and O–H groups in total. The normalized spacial score (nSPS) is 12.5. The highest BCUT2D eigenvalue weighted by molar-refractivity contribution is 7.58. The van der Waals surface area contributed by atoms with Crippen LogP contribution in [0.2, 0.25) is 0 Å². The third-order valence-electron chi connectivity index (χ3n) is 10.1. The lowest BCUT2D eigenvalue weighted by atomic mass is 10.0. The molecule has 0 radical (unpaired) electrons. The van der Waals surface area contributed by atoms with Gasteiger partial charge in [0.1, 0.15) is 0 Å². The highest BCUT2D eigenvalue weighted by atomic mass is 31.1. The zero-order valence-electron chi connectivity index (χ0n) is 31.2. The molecule has 43 heavy (non-hydrogen) atoms. The lowest BCUT2D eigenvalue weighted by molar-refractivity contribution is 0.519. The Labute approximate surface area is 277 Å². The Balaban J connectivity index is 4.36. The van der Waals surface area contributed by atoms with Crippen molar-refractivity contribution in [3.8, 4) is 0 Å². The molecule has 0 bridgehead atoms. The molecule has 1 unspecified atom stereocenters. The van der Waals surface area contributed by atoms with Gasteiger partial charge in [-0.25, -0.2) is 0 Å². The molecule has 0 aliphatic carbocycles. The first-order valence-electron chi connectivity index (χ1n) is 21.0. The smallest absolute Gasteiger partial charge is 0.0209 e. The van der Waals surface area contributed by atoms with Crippen LogP contribution in [0, 0.1) is 0 Å². The molecule has 260 valence electrons. The van der Waals surface area contributed by atoms with Gasteiger partial charge in [-0.05, 0) is 43.7 Å². The summed E-state index contributed by atoms with van der Waals surface area (Å²) in [5, 5.41) is 0. The van der Waals surface area contributed by atoms with Crippen molar-refractivity contribution < 1.29 is 0 Å². The molecule has 0 aliphatic rings. The molecule has 0 aromatic carbocycles. The van der Waals surface area contributed by atoms with E-state index in [1.54, 1.807) is 25.2 Å². The predicted molar refractivity (Wildman–Crippen MR) is 205 cm³/mol. The summed E-state index contributed by atoms with van der Waals surface area (Å²) in [5.74, 6) is 0. The van der Waals surface area contributed by atoms with Crippen LogP contribution >= 0.6 is 7.92 Å². The molecule has 0 spiro atoms. The first-order valence-corrected chi connectivity index (χ1v) is 22.8. The average Bonchev–Trinajstić information content (AvgIpc) is 3.02. The zero-order valence-corrected chi connectivity index (χ0v) is 32.1. The van der Waals surface area contributed by atoms with Crippen molar-refractivity contribution in [2.24, 2.45) is 0 Å². The monoisotopic (exact) mass is 623 g/mol. The Morgan fingerprint density at radius 2 is 0.465 bits per heavy atom. The largest absolute Gasteiger partial charge is 0.104 e. The summed E-state index contributed by atoms with van der Waals surface area (Å²) in [4.78, 5) is 0. The van der Waals surface area contributed by atoms with E-state index in [0.717, 1.165) is 5.66 Å².